The maximum atomic E-state index is 12.1. The number of carbonyl (C=O) groups excluding carboxylic acids is 1. The van der Waals surface area contributed by atoms with Gasteiger partial charge in [-0.3, -0.25) is 4.79 Å². The van der Waals surface area contributed by atoms with Gasteiger partial charge in [0.1, 0.15) is 4.32 Å². The minimum Gasteiger partial charge on any atom is -0.454 e. The second kappa shape index (κ2) is 7.37. The molecule has 3 rings (SSSR count). The molecule has 0 aromatic heterocycles. The van der Waals surface area contributed by atoms with Crippen LogP contribution >= 0.6 is 24.0 Å². The van der Waals surface area contributed by atoms with Crippen LogP contribution < -0.4 is 14.8 Å². The first-order valence-electron chi connectivity index (χ1n) is 7.41. The van der Waals surface area contributed by atoms with Crippen LogP contribution in [0.15, 0.2) is 18.2 Å². The number of hydrogen-bond acceptors (Lipinski definition) is 6. The Kier molecular flexibility index (Phi) is 5.24. The van der Waals surface area contributed by atoms with Gasteiger partial charge in [-0.1, -0.05) is 24.0 Å². The van der Waals surface area contributed by atoms with Crippen molar-refractivity contribution in [3.05, 3.63) is 18.2 Å². The first kappa shape index (κ1) is 16.4. The van der Waals surface area contributed by atoms with Crippen molar-refractivity contribution in [2.75, 3.05) is 51.1 Å². The van der Waals surface area contributed by atoms with E-state index >= 15 is 0 Å². The zero-order valence-electron chi connectivity index (χ0n) is 12.9. The third kappa shape index (κ3) is 4.27. The summed E-state index contributed by atoms with van der Waals surface area (Å²) < 4.78 is 11.3. The number of thiocarbonyl (C=S) groups is 1. The highest BCUT2D eigenvalue weighted by molar-refractivity contribution is 8.23. The molecule has 2 aliphatic heterocycles. The van der Waals surface area contributed by atoms with Crippen molar-refractivity contribution >= 4 is 39.9 Å². The number of carbonyl (C=O) groups is 1. The molecule has 0 atom stereocenters. The monoisotopic (exact) mass is 353 g/mol. The second-order valence-corrected chi connectivity index (χ2v) is 7.07. The highest BCUT2D eigenvalue weighted by Crippen LogP contribution is 2.34. The molecule has 0 aliphatic carbocycles. The number of hydrogen-bond donors (Lipinski definition) is 1. The fourth-order valence-electron chi connectivity index (χ4n) is 2.38. The summed E-state index contributed by atoms with van der Waals surface area (Å²) in [6.07, 6.45) is 0. The highest BCUT2D eigenvalue weighted by atomic mass is 32.2. The molecule has 0 saturated carbocycles. The van der Waals surface area contributed by atoms with Gasteiger partial charge in [0.15, 0.2) is 11.5 Å². The Morgan fingerprint density at radius 1 is 1.26 bits per heavy atom. The summed E-state index contributed by atoms with van der Waals surface area (Å²) in [4.78, 5) is 16.5. The van der Waals surface area contributed by atoms with E-state index in [-0.39, 0.29) is 12.7 Å². The molecule has 0 radical (unpaired) electrons. The normalized spacial score (nSPS) is 17.2. The number of likely N-dealkylation sites (N-methyl/N-ethyl adjacent to an activating group) is 1. The molecule has 23 heavy (non-hydrogen) atoms. The minimum absolute atomic E-state index is 0.0784. The van der Waals surface area contributed by atoms with Gasteiger partial charge < -0.3 is 24.6 Å². The average molecular weight is 353 g/mol. The van der Waals surface area contributed by atoms with E-state index in [1.807, 2.05) is 0 Å². The maximum Gasteiger partial charge on any atom is 0.234 e. The minimum atomic E-state index is -0.0784. The van der Waals surface area contributed by atoms with E-state index in [9.17, 15) is 4.79 Å². The van der Waals surface area contributed by atoms with Gasteiger partial charge >= 0.3 is 0 Å². The Morgan fingerprint density at radius 2 is 2.00 bits per heavy atom. The number of ether oxygens (including phenoxy) is 2. The number of amides is 1. The van der Waals surface area contributed by atoms with Crippen LogP contribution in [0.1, 0.15) is 0 Å². The summed E-state index contributed by atoms with van der Waals surface area (Å²) in [5.74, 6) is 1.59. The molecule has 1 N–H and O–H groups in total. The molecule has 0 unspecified atom stereocenters. The molecule has 124 valence electrons. The van der Waals surface area contributed by atoms with E-state index in [1.54, 1.807) is 18.2 Å². The number of fused-ring (bicyclic) bond motifs is 1. The van der Waals surface area contributed by atoms with Crippen molar-refractivity contribution < 1.29 is 14.3 Å². The van der Waals surface area contributed by atoms with Gasteiger partial charge in [-0.15, -0.1) is 0 Å². The molecule has 6 nitrogen and oxygen atoms in total. The van der Waals surface area contributed by atoms with Crippen LogP contribution in [0.3, 0.4) is 0 Å². The van der Waals surface area contributed by atoms with Crippen molar-refractivity contribution in [1.82, 2.24) is 9.80 Å². The number of piperazine rings is 1. The number of anilines is 1. The van der Waals surface area contributed by atoms with Crippen LogP contribution in [0.25, 0.3) is 0 Å². The van der Waals surface area contributed by atoms with Crippen LogP contribution in [0.5, 0.6) is 11.5 Å². The third-order valence-electron chi connectivity index (χ3n) is 3.74. The lowest BCUT2D eigenvalue weighted by Crippen LogP contribution is -2.46. The van der Waals surface area contributed by atoms with Crippen LogP contribution in [0, 0.1) is 0 Å². The fourth-order valence-corrected chi connectivity index (χ4v) is 3.43. The summed E-state index contributed by atoms with van der Waals surface area (Å²) in [6.45, 7) is 4.08. The predicted molar refractivity (Wildman–Crippen MR) is 95.3 cm³/mol. The summed E-state index contributed by atoms with van der Waals surface area (Å²) in [6, 6.07) is 5.36. The quantitative estimate of drug-likeness (QED) is 0.829. The Hall–Kier alpha value is -1.51. The number of rotatable bonds is 3. The lowest BCUT2D eigenvalue weighted by Gasteiger charge is -2.33. The largest absolute Gasteiger partial charge is 0.454 e. The van der Waals surface area contributed by atoms with E-state index in [1.165, 1.54) is 11.8 Å². The van der Waals surface area contributed by atoms with Gasteiger partial charge in [0.05, 0.1) is 5.75 Å². The zero-order valence-corrected chi connectivity index (χ0v) is 14.5. The average Bonchev–Trinajstić information content (AvgIpc) is 3.01. The SMILES string of the molecule is CN1CCN(C(=S)SCC(=O)Nc2ccc3c(c2)OCO3)CC1. The van der Waals surface area contributed by atoms with Crippen molar-refractivity contribution in [3.63, 3.8) is 0 Å². The maximum absolute atomic E-state index is 12.1. The topological polar surface area (TPSA) is 54.0 Å². The van der Waals surface area contributed by atoms with E-state index in [4.69, 9.17) is 21.7 Å². The Morgan fingerprint density at radius 3 is 2.78 bits per heavy atom. The summed E-state index contributed by atoms with van der Waals surface area (Å²) in [7, 11) is 2.10. The molecule has 1 amide bonds. The molecule has 2 heterocycles. The highest BCUT2D eigenvalue weighted by Gasteiger charge is 2.18. The van der Waals surface area contributed by atoms with Crippen LogP contribution in [-0.2, 0) is 4.79 Å². The molecule has 1 aromatic rings. The van der Waals surface area contributed by atoms with Gasteiger partial charge in [0.25, 0.3) is 0 Å². The van der Waals surface area contributed by atoms with Gasteiger partial charge in [0, 0.05) is 37.9 Å². The summed E-state index contributed by atoms with van der Waals surface area (Å²) >= 11 is 6.82. The summed E-state index contributed by atoms with van der Waals surface area (Å²) in [5, 5.41) is 2.86. The molecular weight excluding hydrogens is 334 g/mol. The second-order valence-electron chi connectivity index (χ2n) is 5.46. The Balaban J connectivity index is 1.45. The van der Waals surface area contributed by atoms with E-state index in [0.29, 0.717) is 22.9 Å². The third-order valence-corrected chi connectivity index (χ3v) is 5.27. The van der Waals surface area contributed by atoms with Crippen LogP contribution in [0.4, 0.5) is 5.69 Å². The Labute approximate surface area is 145 Å². The van der Waals surface area contributed by atoms with Crippen molar-refractivity contribution in [1.29, 1.82) is 0 Å². The number of nitrogens with one attached hydrogen (secondary N) is 1. The molecule has 0 spiro atoms. The Bertz CT molecular complexity index is 604. The van der Waals surface area contributed by atoms with Gasteiger partial charge in [0.2, 0.25) is 12.7 Å². The number of benzene rings is 1. The molecule has 2 aliphatic rings. The molecule has 0 bridgehead atoms. The molecule has 1 fully saturated rings. The van der Waals surface area contributed by atoms with E-state index in [2.05, 4.69) is 22.2 Å². The first-order valence-corrected chi connectivity index (χ1v) is 8.81. The smallest absolute Gasteiger partial charge is 0.234 e. The van der Waals surface area contributed by atoms with E-state index < -0.39 is 0 Å². The lowest BCUT2D eigenvalue weighted by atomic mass is 10.3. The molecule has 1 saturated heterocycles. The van der Waals surface area contributed by atoms with E-state index in [0.717, 1.165) is 30.5 Å². The predicted octanol–water partition coefficient (Wildman–Crippen LogP) is 1.62. The van der Waals surface area contributed by atoms with Crippen molar-refractivity contribution in [3.8, 4) is 11.5 Å². The van der Waals surface area contributed by atoms with Gasteiger partial charge in [-0.05, 0) is 19.2 Å². The molecular formula is C15H19N3O3S2. The summed E-state index contributed by atoms with van der Waals surface area (Å²) in [5.41, 5.74) is 0.699. The number of thioether (sulfide) groups is 1. The van der Waals surface area contributed by atoms with Crippen molar-refractivity contribution in [2.45, 2.75) is 0 Å². The fraction of sp³-hybridized carbons (Fsp3) is 0.467. The number of nitrogens with zero attached hydrogens (tertiary/aromatic N) is 2. The van der Waals surface area contributed by atoms with Gasteiger partial charge in [-0.2, -0.15) is 0 Å². The standard InChI is InChI=1S/C15H19N3O3S2/c1-17-4-6-18(7-5-17)15(22)23-9-14(19)16-11-2-3-12-13(8-11)21-10-20-12/h2-3,8H,4-7,9-10H2,1H3,(H,16,19). The van der Waals surface area contributed by atoms with Crippen LogP contribution in [-0.4, -0.2) is 65.8 Å². The van der Waals surface area contributed by atoms with Crippen LogP contribution in [0.2, 0.25) is 0 Å². The lowest BCUT2D eigenvalue weighted by molar-refractivity contribution is -0.113. The first-order chi connectivity index (χ1) is 11.1. The molecule has 1 aromatic carbocycles. The van der Waals surface area contributed by atoms with Gasteiger partial charge in [-0.25, -0.2) is 0 Å². The zero-order chi connectivity index (χ0) is 16.2. The van der Waals surface area contributed by atoms with Crippen molar-refractivity contribution in [2.24, 2.45) is 0 Å². The molecule has 8 heteroatoms.